The molecule has 1 unspecified atom stereocenters. The lowest BCUT2D eigenvalue weighted by atomic mass is 10.2. The second-order valence-electron chi connectivity index (χ2n) is 6.43. The molecule has 0 saturated carbocycles. The zero-order chi connectivity index (χ0) is 19.7. The van der Waals surface area contributed by atoms with Gasteiger partial charge in [-0.1, -0.05) is 30.0 Å². The molecule has 4 rings (SSSR count). The van der Waals surface area contributed by atoms with Gasteiger partial charge >= 0.3 is 6.18 Å². The molecule has 0 amide bonds. The highest BCUT2D eigenvalue weighted by molar-refractivity contribution is 8.00. The second kappa shape index (κ2) is 7.51. The van der Waals surface area contributed by atoms with Crippen LogP contribution in [0.15, 0.2) is 41.7 Å². The minimum atomic E-state index is -4.65. The number of fused-ring (bicyclic) bond motifs is 1. The van der Waals surface area contributed by atoms with Gasteiger partial charge in [-0.15, -0.1) is 0 Å². The van der Waals surface area contributed by atoms with Crippen LogP contribution in [-0.4, -0.2) is 44.4 Å². The smallest absolute Gasteiger partial charge is 0.315 e. The van der Waals surface area contributed by atoms with Crippen molar-refractivity contribution in [2.75, 3.05) is 18.8 Å². The molecule has 28 heavy (non-hydrogen) atoms. The maximum absolute atomic E-state index is 13.1. The van der Waals surface area contributed by atoms with Crippen LogP contribution in [0.5, 0.6) is 0 Å². The molecule has 2 aromatic heterocycles. The number of nitrogens with zero attached hydrogens (tertiary/aromatic N) is 4. The minimum Gasteiger partial charge on any atom is -0.315 e. The summed E-state index contributed by atoms with van der Waals surface area (Å²) in [5, 5.41) is 8.10. The SMILES string of the molecule is O=C(CSc1nc(C(F)(F)F)nc2ccccc12)c1cnn(C2CCNC2)c1. The van der Waals surface area contributed by atoms with E-state index in [4.69, 9.17) is 0 Å². The monoisotopic (exact) mass is 407 g/mol. The lowest BCUT2D eigenvalue weighted by Gasteiger charge is -2.10. The van der Waals surface area contributed by atoms with Crippen LogP contribution < -0.4 is 5.32 Å². The molecule has 1 saturated heterocycles. The molecule has 0 aliphatic carbocycles. The van der Waals surface area contributed by atoms with Gasteiger partial charge in [0.05, 0.1) is 29.1 Å². The van der Waals surface area contributed by atoms with Crippen LogP contribution in [0.2, 0.25) is 0 Å². The number of rotatable bonds is 5. The molecule has 0 spiro atoms. The third-order valence-electron chi connectivity index (χ3n) is 4.49. The summed E-state index contributed by atoms with van der Waals surface area (Å²) in [6.07, 6.45) is -0.517. The molecule has 10 heteroatoms. The second-order valence-corrected chi connectivity index (χ2v) is 7.40. The Morgan fingerprint density at radius 2 is 2.11 bits per heavy atom. The predicted molar refractivity (Wildman–Crippen MR) is 98.3 cm³/mol. The first-order valence-corrected chi connectivity index (χ1v) is 9.65. The summed E-state index contributed by atoms with van der Waals surface area (Å²) in [6, 6.07) is 6.67. The molecule has 146 valence electrons. The molecule has 1 N–H and O–H groups in total. The average Bonchev–Trinajstić information content (AvgIpc) is 3.36. The van der Waals surface area contributed by atoms with E-state index in [9.17, 15) is 18.0 Å². The fraction of sp³-hybridized carbons (Fsp3) is 0.333. The number of hydrogen-bond donors (Lipinski definition) is 1. The van der Waals surface area contributed by atoms with Gasteiger partial charge in [0, 0.05) is 18.1 Å². The van der Waals surface area contributed by atoms with Crippen LogP contribution >= 0.6 is 11.8 Å². The number of nitrogens with one attached hydrogen (secondary N) is 1. The third kappa shape index (κ3) is 3.88. The Kier molecular flexibility index (Phi) is 5.07. The minimum absolute atomic E-state index is 0.0348. The van der Waals surface area contributed by atoms with E-state index in [1.165, 1.54) is 12.3 Å². The van der Waals surface area contributed by atoms with Gasteiger partial charge < -0.3 is 5.32 Å². The van der Waals surface area contributed by atoms with Gasteiger partial charge in [0.15, 0.2) is 5.78 Å². The van der Waals surface area contributed by atoms with Crippen molar-refractivity contribution in [2.24, 2.45) is 0 Å². The van der Waals surface area contributed by atoms with Crippen molar-refractivity contribution in [1.82, 2.24) is 25.1 Å². The van der Waals surface area contributed by atoms with Gasteiger partial charge in [-0.2, -0.15) is 18.3 Å². The Hall–Kier alpha value is -2.46. The van der Waals surface area contributed by atoms with Crippen molar-refractivity contribution < 1.29 is 18.0 Å². The highest BCUT2D eigenvalue weighted by atomic mass is 32.2. The third-order valence-corrected chi connectivity index (χ3v) is 5.48. The van der Waals surface area contributed by atoms with Gasteiger partial charge in [0.1, 0.15) is 5.03 Å². The van der Waals surface area contributed by atoms with E-state index in [0.717, 1.165) is 31.3 Å². The Bertz CT molecular complexity index is 1010. The summed E-state index contributed by atoms with van der Waals surface area (Å²) >= 11 is 0.975. The summed E-state index contributed by atoms with van der Waals surface area (Å²) in [5.41, 5.74) is 0.634. The molecule has 6 nitrogen and oxygen atoms in total. The molecule has 1 aliphatic rings. The number of ketones is 1. The molecule has 1 aromatic carbocycles. The molecule has 1 aliphatic heterocycles. The molecular weight excluding hydrogens is 391 g/mol. The Balaban J connectivity index is 1.54. The largest absolute Gasteiger partial charge is 0.451 e. The first-order valence-electron chi connectivity index (χ1n) is 8.66. The standard InChI is InChI=1S/C18H16F3N5OS/c19-18(20,21)17-24-14-4-2-1-3-13(14)16(25-17)28-10-15(27)11-7-23-26(9-11)12-5-6-22-8-12/h1-4,7,9,12,22H,5-6,8,10H2. The van der Waals surface area contributed by atoms with E-state index >= 15 is 0 Å². The fourth-order valence-electron chi connectivity index (χ4n) is 3.05. The van der Waals surface area contributed by atoms with Gasteiger partial charge in [-0.3, -0.25) is 9.48 Å². The quantitative estimate of drug-likeness (QED) is 0.397. The fourth-order valence-corrected chi connectivity index (χ4v) is 3.96. The highest BCUT2D eigenvalue weighted by Crippen LogP contribution is 2.32. The number of halogens is 3. The van der Waals surface area contributed by atoms with Crippen LogP contribution in [0.3, 0.4) is 0 Å². The number of thioether (sulfide) groups is 1. The molecule has 0 bridgehead atoms. The van der Waals surface area contributed by atoms with Crippen molar-refractivity contribution in [3.8, 4) is 0 Å². The van der Waals surface area contributed by atoms with Crippen LogP contribution in [0, 0.1) is 0 Å². The van der Waals surface area contributed by atoms with Crippen LogP contribution in [0.4, 0.5) is 13.2 Å². The first kappa shape index (κ1) is 18.9. The van der Waals surface area contributed by atoms with E-state index < -0.39 is 12.0 Å². The predicted octanol–water partition coefficient (Wildman–Crippen LogP) is 3.35. The number of Topliss-reactive ketones (excluding diaryl/α,β-unsaturated/α-hetero) is 1. The van der Waals surface area contributed by atoms with E-state index in [1.807, 2.05) is 0 Å². The molecule has 3 heterocycles. The average molecular weight is 407 g/mol. The number of para-hydroxylation sites is 1. The number of carbonyl (C=O) groups is 1. The van der Waals surface area contributed by atoms with E-state index in [-0.39, 0.29) is 28.1 Å². The van der Waals surface area contributed by atoms with Crippen LogP contribution in [0.1, 0.15) is 28.6 Å². The van der Waals surface area contributed by atoms with Gasteiger partial charge in [0.25, 0.3) is 0 Å². The van der Waals surface area contributed by atoms with Crippen LogP contribution in [0.25, 0.3) is 10.9 Å². The summed E-state index contributed by atoms with van der Waals surface area (Å²) in [4.78, 5) is 19.7. The molecule has 1 atom stereocenters. The van der Waals surface area contributed by atoms with E-state index in [0.29, 0.717) is 10.9 Å². The summed E-state index contributed by atoms with van der Waals surface area (Å²) in [5.74, 6) is -1.45. The summed E-state index contributed by atoms with van der Waals surface area (Å²) in [7, 11) is 0. The van der Waals surface area contributed by atoms with E-state index in [1.54, 1.807) is 29.1 Å². The van der Waals surface area contributed by atoms with Crippen molar-refractivity contribution in [1.29, 1.82) is 0 Å². The molecule has 0 radical (unpaired) electrons. The normalized spacial score (nSPS) is 17.3. The molecule has 1 fully saturated rings. The van der Waals surface area contributed by atoms with Crippen molar-refractivity contribution in [3.63, 3.8) is 0 Å². The maximum atomic E-state index is 13.1. The zero-order valence-electron chi connectivity index (χ0n) is 14.6. The van der Waals surface area contributed by atoms with Crippen LogP contribution in [-0.2, 0) is 6.18 Å². The Morgan fingerprint density at radius 3 is 2.86 bits per heavy atom. The summed E-state index contributed by atoms with van der Waals surface area (Å²) < 4.78 is 41.0. The maximum Gasteiger partial charge on any atom is 0.451 e. The van der Waals surface area contributed by atoms with E-state index in [2.05, 4.69) is 20.4 Å². The summed E-state index contributed by atoms with van der Waals surface area (Å²) in [6.45, 7) is 1.71. The van der Waals surface area contributed by atoms with Crippen molar-refractivity contribution >= 4 is 28.4 Å². The molecule has 3 aromatic rings. The van der Waals surface area contributed by atoms with Crippen molar-refractivity contribution in [3.05, 3.63) is 48.0 Å². The number of alkyl halides is 3. The highest BCUT2D eigenvalue weighted by Gasteiger charge is 2.35. The lowest BCUT2D eigenvalue weighted by Crippen LogP contribution is -2.13. The lowest BCUT2D eigenvalue weighted by molar-refractivity contribution is -0.145. The first-order chi connectivity index (χ1) is 13.4. The number of carbonyl (C=O) groups excluding carboxylic acids is 1. The topological polar surface area (TPSA) is 72.7 Å². The van der Waals surface area contributed by atoms with Gasteiger partial charge in [-0.05, 0) is 19.0 Å². The Morgan fingerprint density at radius 1 is 1.29 bits per heavy atom. The zero-order valence-corrected chi connectivity index (χ0v) is 15.4. The van der Waals surface area contributed by atoms with Crippen molar-refractivity contribution in [2.45, 2.75) is 23.7 Å². The number of hydrogen-bond acceptors (Lipinski definition) is 6. The Labute approximate surface area is 162 Å². The number of aromatic nitrogens is 4. The van der Waals surface area contributed by atoms with Gasteiger partial charge in [0.2, 0.25) is 5.82 Å². The molecular formula is C18H16F3N5OS. The van der Waals surface area contributed by atoms with Gasteiger partial charge in [-0.25, -0.2) is 9.97 Å². The number of benzene rings is 1.